The van der Waals surface area contributed by atoms with Crippen LogP contribution in [0.1, 0.15) is 37.1 Å². The average molecular weight is 423 g/mol. The van der Waals surface area contributed by atoms with E-state index in [4.69, 9.17) is 4.42 Å². The van der Waals surface area contributed by atoms with Crippen LogP contribution in [0.15, 0.2) is 9.41 Å². The number of nitrogens with zero attached hydrogens (tertiary/aromatic N) is 2. The topological polar surface area (TPSA) is 91.5 Å². The van der Waals surface area contributed by atoms with Crippen LogP contribution in [-0.2, 0) is 11.3 Å². The maximum absolute atomic E-state index is 11.5. The summed E-state index contributed by atoms with van der Waals surface area (Å²) < 4.78 is 5.48. The van der Waals surface area contributed by atoms with E-state index < -0.39 is 0 Å². The second-order valence-electron chi connectivity index (χ2n) is 4.70. The highest BCUT2D eigenvalue weighted by Crippen LogP contribution is 2.07. The fourth-order valence-corrected chi connectivity index (χ4v) is 1.64. The summed E-state index contributed by atoms with van der Waals surface area (Å²) >= 11 is 0. The SMILES string of the molecule is CCCNC(=O)CCNC(=NC)NCc1nc(C)c(C)o1.I. The molecule has 0 bridgehead atoms. The van der Waals surface area contributed by atoms with Crippen LogP contribution in [0.4, 0.5) is 0 Å². The normalized spacial score (nSPS) is 10.8. The lowest BCUT2D eigenvalue weighted by Crippen LogP contribution is -2.39. The Labute approximate surface area is 148 Å². The summed E-state index contributed by atoms with van der Waals surface area (Å²) in [6.07, 6.45) is 1.36. The number of aromatic nitrogens is 1. The molecule has 8 heteroatoms. The van der Waals surface area contributed by atoms with E-state index in [9.17, 15) is 4.79 Å². The lowest BCUT2D eigenvalue weighted by Gasteiger charge is -2.10. The zero-order valence-corrected chi connectivity index (χ0v) is 16.0. The predicted molar refractivity (Wildman–Crippen MR) is 97.5 cm³/mol. The molecule has 1 heterocycles. The van der Waals surface area contributed by atoms with Crippen molar-refractivity contribution >= 4 is 35.8 Å². The Kier molecular flexibility index (Phi) is 10.6. The first kappa shape index (κ1) is 20.7. The zero-order chi connectivity index (χ0) is 15.7. The van der Waals surface area contributed by atoms with Crippen molar-refractivity contribution in [2.75, 3.05) is 20.1 Å². The third-order valence-corrected chi connectivity index (χ3v) is 2.92. The van der Waals surface area contributed by atoms with Crippen LogP contribution in [-0.4, -0.2) is 37.0 Å². The molecule has 0 aromatic carbocycles. The van der Waals surface area contributed by atoms with Gasteiger partial charge in [0.05, 0.1) is 12.2 Å². The molecule has 0 aliphatic rings. The molecule has 0 fully saturated rings. The Morgan fingerprint density at radius 1 is 1.23 bits per heavy atom. The Balaban J connectivity index is 0.00000441. The molecule has 1 amide bonds. The Morgan fingerprint density at radius 3 is 2.50 bits per heavy atom. The molecule has 0 atom stereocenters. The number of aliphatic imine (C=N–C) groups is 1. The molecule has 0 saturated heterocycles. The largest absolute Gasteiger partial charge is 0.444 e. The molecular weight excluding hydrogens is 397 g/mol. The highest BCUT2D eigenvalue weighted by Gasteiger charge is 2.06. The van der Waals surface area contributed by atoms with Gasteiger partial charge in [-0.15, -0.1) is 24.0 Å². The summed E-state index contributed by atoms with van der Waals surface area (Å²) in [4.78, 5) is 19.8. The van der Waals surface area contributed by atoms with Crippen LogP contribution in [0.5, 0.6) is 0 Å². The third-order valence-electron chi connectivity index (χ3n) is 2.92. The molecule has 0 saturated carbocycles. The number of nitrogens with one attached hydrogen (secondary N) is 3. The fraction of sp³-hybridized carbons (Fsp3) is 0.643. The molecule has 0 aliphatic heterocycles. The van der Waals surface area contributed by atoms with Crippen molar-refractivity contribution in [3.05, 3.63) is 17.3 Å². The van der Waals surface area contributed by atoms with E-state index >= 15 is 0 Å². The van der Waals surface area contributed by atoms with E-state index in [1.54, 1.807) is 7.05 Å². The van der Waals surface area contributed by atoms with Gasteiger partial charge >= 0.3 is 0 Å². The monoisotopic (exact) mass is 423 g/mol. The van der Waals surface area contributed by atoms with Gasteiger partial charge < -0.3 is 20.4 Å². The summed E-state index contributed by atoms with van der Waals surface area (Å²) in [5.74, 6) is 2.10. The van der Waals surface area contributed by atoms with Crippen molar-refractivity contribution < 1.29 is 9.21 Å². The molecule has 0 spiro atoms. The van der Waals surface area contributed by atoms with E-state index in [2.05, 4.69) is 25.9 Å². The summed E-state index contributed by atoms with van der Waals surface area (Å²) in [7, 11) is 1.68. The van der Waals surface area contributed by atoms with Crippen molar-refractivity contribution in [2.24, 2.45) is 4.99 Å². The minimum absolute atomic E-state index is 0. The molecule has 0 radical (unpaired) electrons. The van der Waals surface area contributed by atoms with Gasteiger partial charge in [0.2, 0.25) is 11.8 Å². The third kappa shape index (κ3) is 7.62. The van der Waals surface area contributed by atoms with E-state index in [0.29, 0.717) is 37.9 Å². The first-order valence-electron chi connectivity index (χ1n) is 7.21. The van der Waals surface area contributed by atoms with Gasteiger partial charge in [0.25, 0.3) is 0 Å². The summed E-state index contributed by atoms with van der Waals surface area (Å²) in [5.41, 5.74) is 0.891. The number of rotatable bonds is 7. The second kappa shape index (κ2) is 11.3. The lowest BCUT2D eigenvalue weighted by atomic mass is 10.4. The summed E-state index contributed by atoms with van der Waals surface area (Å²) in [6, 6.07) is 0. The number of hydrogen-bond acceptors (Lipinski definition) is 4. The van der Waals surface area contributed by atoms with Crippen molar-refractivity contribution in [2.45, 2.75) is 40.2 Å². The minimum Gasteiger partial charge on any atom is -0.444 e. The Morgan fingerprint density at radius 2 is 1.95 bits per heavy atom. The van der Waals surface area contributed by atoms with E-state index in [1.807, 2.05) is 20.8 Å². The average Bonchev–Trinajstić information content (AvgIpc) is 2.79. The van der Waals surface area contributed by atoms with Crippen LogP contribution in [0.2, 0.25) is 0 Å². The van der Waals surface area contributed by atoms with Gasteiger partial charge in [0.15, 0.2) is 5.96 Å². The first-order chi connectivity index (χ1) is 10.1. The Bertz CT molecular complexity index is 468. The number of carbonyl (C=O) groups excluding carboxylic acids is 1. The van der Waals surface area contributed by atoms with Crippen molar-refractivity contribution in [3.63, 3.8) is 0 Å². The quantitative estimate of drug-likeness (QED) is 0.351. The number of carbonyl (C=O) groups is 1. The molecule has 3 N–H and O–H groups in total. The minimum atomic E-state index is 0. The summed E-state index contributed by atoms with van der Waals surface area (Å²) in [5, 5.41) is 9.00. The molecule has 0 unspecified atom stereocenters. The standard InChI is InChI=1S/C14H25N5O2.HI/c1-5-7-16-12(20)6-8-17-14(15-4)18-9-13-19-10(2)11(3)21-13;/h5-9H2,1-4H3,(H,16,20)(H2,15,17,18);1H. The Hall–Kier alpha value is -1.32. The van der Waals surface area contributed by atoms with Crippen LogP contribution in [0.3, 0.4) is 0 Å². The highest BCUT2D eigenvalue weighted by atomic mass is 127. The van der Waals surface area contributed by atoms with Crippen LogP contribution >= 0.6 is 24.0 Å². The van der Waals surface area contributed by atoms with Gasteiger partial charge in [-0.2, -0.15) is 0 Å². The fourth-order valence-electron chi connectivity index (χ4n) is 1.64. The van der Waals surface area contributed by atoms with Crippen LogP contribution < -0.4 is 16.0 Å². The maximum atomic E-state index is 11.5. The zero-order valence-electron chi connectivity index (χ0n) is 13.7. The molecule has 126 valence electrons. The van der Waals surface area contributed by atoms with Gasteiger partial charge in [-0.1, -0.05) is 6.92 Å². The smallest absolute Gasteiger partial charge is 0.221 e. The van der Waals surface area contributed by atoms with E-state index in [1.165, 1.54) is 0 Å². The lowest BCUT2D eigenvalue weighted by molar-refractivity contribution is -0.120. The van der Waals surface area contributed by atoms with E-state index in [0.717, 1.165) is 17.9 Å². The molecule has 1 aromatic rings. The van der Waals surface area contributed by atoms with Gasteiger partial charge in [0.1, 0.15) is 5.76 Å². The number of amides is 1. The maximum Gasteiger partial charge on any atom is 0.221 e. The number of halogens is 1. The van der Waals surface area contributed by atoms with Gasteiger partial charge in [-0.05, 0) is 20.3 Å². The first-order valence-corrected chi connectivity index (χ1v) is 7.21. The number of oxazole rings is 1. The van der Waals surface area contributed by atoms with Gasteiger partial charge in [-0.25, -0.2) is 4.98 Å². The van der Waals surface area contributed by atoms with Crippen LogP contribution in [0.25, 0.3) is 0 Å². The summed E-state index contributed by atoms with van der Waals surface area (Å²) in [6.45, 7) is 7.51. The van der Waals surface area contributed by atoms with E-state index in [-0.39, 0.29) is 29.9 Å². The molecular formula is C14H26IN5O2. The number of guanidine groups is 1. The number of aryl methyl sites for hydroxylation is 2. The van der Waals surface area contributed by atoms with Crippen LogP contribution in [0, 0.1) is 13.8 Å². The molecule has 1 aromatic heterocycles. The number of hydrogen-bond donors (Lipinski definition) is 3. The predicted octanol–water partition coefficient (Wildman–Crippen LogP) is 1.49. The highest BCUT2D eigenvalue weighted by molar-refractivity contribution is 14.0. The van der Waals surface area contributed by atoms with Crippen molar-refractivity contribution in [3.8, 4) is 0 Å². The molecule has 22 heavy (non-hydrogen) atoms. The molecule has 1 rings (SSSR count). The van der Waals surface area contributed by atoms with Gasteiger partial charge in [0, 0.05) is 26.6 Å². The van der Waals surface area contributed by atoms with Crippen molar-refractivity contribution in [1.82, 2.24) is 20.9 Å². The molecule has 7 nitrogen and oxygen atoms in total. The van der Waals surface area contributed by atoms with Gasteiger partial charge in [-0.3, -0.25) is 9.79 Å². The second-order valence-corrected chi connectivity index (χ2v) is 4.70. The van der Waals surface area contributed by atoms with Crippen molar-refractivity contribution in [1.29, 1.82) is 0 Å². The molecule has 0 aliphatic carbocycles.